The van der Waals surface area contributed by atoms with E-state index in [9.17, 15) is 15.0 Å². The van der Waals surface area contributed by atoms with Crippen molar-refractivity contribution in [2.24, 2.45) is 45.3 Å². The van der Waals surface area contributed by atoms with Crippen LogP contribution >= 0.6 is 0 Å². The number of aliphatic hydroxyl groups is 2. The van der Waals surface area contributed by atoms with Crippen LogP contribution in [0, 0.1) is 45.3 Å². The average molecular weight is 403 g/mol. The molecular formula is C25H38O4. The Kier molecular flexibility index (Phi) is 4.22. The van der Waals surface area contributed by atoms with Crippen LogP contribution in [0.25, 0.3) is 0 Å². The minimum absolute atomic E-state index is 0.00534. The number of aliphatic hydroxyl groups excluding tert-OH is 2. The lowest BCUT2D eigenvalue weighted by Crippen LogP contribution is -2.66. The number of esters is 1. The van der Waals surface area contributed by atoms with Crippen molar-refractivity contribution in [1.29, 1.82) is 0 Å². The van der Waals surface area contributed by atoms with Gasteiger partial charge in [0.25, 0.3) is 0 Å². The largest absolute Gasteiger partial charge is 0.462 e. The zero-order chi connectivity index (χ0) is 20.8. The molecule has 29 heavy (non-hydrogen) atoms. The van der Waals surface area contributed by atoms with Crippen LogP contribution in [0.3, 0.4) is 0 Å². The Labute approximate surface area is 175 Å². The van der Waals surface area contributed by atoms with E-state index in [2.05, 4.69) is 33.8 Å². The summed E-state index contributed by atoms with van der Waals surface area (Å²) in [7, 11) is 0. The number of fused-ring (bicyclic) bond motifs is 7. The van der Waals surface area contributed by atoms with Crippen molar-refractivity contribution >= 4 is 5.97 Å². The topological polar surface area (TPSA) is 66.8 Å². The summed E-state index contributed by atoms with van der Waals surface area (Å²) in [4.78, 5) is 12.2. The number of hydrogen-bond acceptors (Lipinski definition) is 4. The highest BCUT2D eigenvalue weighted by Crippen LogP contribution is 2.73. The Hall–Kier alpha value is -0.870. The van der Waals surface area contributed by atoms with E-state index in [1.165, 1.54) is 19.3 Å². The first-order valence-electron chi connectivity index (χ1n) is 11.8. The highest BCUT2D eigenvalue weighted by atomic mass is 16.5. The molecule has 9 atom stereocenters. The van der Waals surface area contributed by atoms with Gasteiger partial charge in [-0.3, -0.25) is 0 Å². The lowest BCUT2D eigenvalue weighted by atomic mass is 9.34. The summed E-state index contributed by atoms with van der Waals surface area (Å²) < 4.78 is 5.43. The van der Waals surface area contributed by atoms with E-state index in [-0.39, 0.29) is 40.2 Å². The Balaban J connectivity index is 1.58. The molecule has 1 saturated heterocycles. The lowest BCUT2D eigenvalue weighted by Gasteiger charge is -2.70. The first-order chi connectivity index (χ1) is 13.6. The molecule has 3 unspecified atom stereocenters. The van der Waals surface area contributed by atoms with Crippen LogP contribution < -0.4 is 0 Å². The van der Waals surface area contributed by atoms with Crippen molar-refractivity contribution < 1.29 is 19.7 Å². The molecule has 0 bridgehead atoms. The van der Waals surface area contributed by atoms with Gasteiger partial charge < -0.3 is 14.9 Å². The van der Waals surface area contributed by atoms with Crippen LogP contribution in [0.5, 0.6) is 0 Å². The number of hydrogen-bond donors (Lipinski definition) is 2. The molecular weight excluding hydrogens is 364 g/mol. The molecule has 3 saturated carbocycles. The number of carbonyl (C=O) groups excluding carboxylic acids is 1. The van der Waals surface area contributed by atoms with Gasteiger partial charge in [0.2, 0.25) is 0 Å². The van der Waals surface area contributed by atoms with E-state index < -0.39 is 6.10 Å². The molecule has 0 aromatic carbocycles. The predicted octanol–water partition coefficient (Wildman–Crippen LogP) is 4.10. The molecule has 162 valence electrons. The van der Waals surface area contributed by atoms with Crippen molar-refractivity contribution in [2.75, 3.05) is 13.2 Å². The Morgan fingerprint density at radius 3 is 2.52 bits per heavy atom. The van der Waals surface area contributed by atoms with Crippen molar-refractivity contribution in [2.45, 2.75) is 78.7 Å². The van der Waals surface area contributed by atoms with E-state index >= 15 is 0 Å². The van der Waals surface area contributed by atoms with E-state index in [1.807, 2.05) is 0 Å². The number of ether oxygens (including phenoxy) is 1. The van der Waals surface area contributed by atoms with Crippen LogP contribution in [-0.2, 0) is 9.53 Å². The summed E-state index contributed by atoms with van der Waals surface area (Å²) >= 11 is 0. The third-order valence-corrected chi connectivity index (χ3v) is 11.1. The number of allylic oxidation sites excluding steroid dienone is 1. The summed E-state index contributed by atoms with van der Waals surface area (Å²) in [5.41, 5.74) is 0.845. The van der Waals surface area contributed by atoms with Gasteiger partial charge in [0, 0.05) is 23.5 Å². The Morgan fingerprint density at radius 1 is 1.07 bits per heavy atom. The monoisotopic (exact) mass is 402 g/mol. The van der Waals surface area contributed by atoms with Gasteiger partial charge in [0.1, 0.15) is 0 Å². The maximum Gasteiger partial charge on any atom is 0.334 e. The summed E-state index contributed by atoms with van der Waals surface area (Å²) in [5, 5.41) is 21.9. The Morgan fingerprint density at radius 2 is 1.79 bits per heavy atom. The third kappa shape index (κ3) is 2.31. The minimum Gasteiger partial charge on any atom is -0.462 e. The minimum atomic E-state index is -0.411. The number of rotatable bonds is 1. The molecule has 4 fully saturated rings. The summed E-state index contributed by atoms with van der Waals surface area (Å²) in [6.07, 6.45) is 9.23. The first kappa shape index (κ1) is 20.1. The second-order valence-corrected chi connectivity index (χ2v) is 12.0. The third-order valence-electron chi connectivity index (χ3n) is 11.1. The van der Waals surface area contributed by atoms with E-state index in [0.717, 1.165) is 31.3 Å². The maximum absolute atomic E-state index is 12.2. The molecule has 5 rings (SSSR count). The quantitative estimate of drug-likeness (QED) is 0.648. The van der Waals surface area contributed by atoms with E-state index in [1.54, 1.807) is 0 Å². The van der Waals surface area contributed by atoms with Crippen LogP contribution in [0.15, 0.2) is 11.6 Å². The van der Waals surface area contributed by atoms with Crippen LogP contribution in [0.2, 0.25) is 0 Å². The summed E-state index contributed by atoms with van der Waals surface area (Å²) in [6.45, 7) is 10.2. The van der Waals surface area contributed by atoms with Crippen LogP contribution in [-0.4, -0.2) is 35.5 Å². The SMILES string of the molecule is C[C@@]1(CO)CCC[C@@]2(C)C1CC[C@]1(C)C2C[C@@H](O)[C@@]2(C)C1CC=C1C(=O)OC[C@@H]12. The maximum atomic E-state index is 12.2. The molecule has 4 nitrogen and oxygen atoms in total. The number of cyclic esters (lactones) is 1. The molecule has 0 aromatic rings. The van der Waals surface area contributed by atoms with Gasteiger partial charge in [0.05, 0.1) is 12.7 Å². The van der Waals surface area contributed by atoms with Gasteiger partial charge in [-0.05, 0) is 72.5 Å². The van der Waals surface area contributed by atoms with E-state index in [0.29, 0.717) is 24.4 Å². The van der Waals surface area contributed by atoms with Crippen molar-refractivity contribution in [3.8, 4) is 0 Å². The molecule has 0 spiro atoms. The normalized spacial score (nSPS) is 56.4. The molecule has 1 aliphatic heterocycles. The second-order valence-electron chi connectivity index (χ2n) is 12.0. The van der Waals surface area contributed by atoms with Gasteiger partial charge in [0.15, 0.2) is 0 Å². The van der Waals surface area contributed by atoms with Gasteiger partial charge in [-0.2, -0.15) is 0 Å². The number of carbonyl (C=O) groups is 1. The zero-order valence-corrected chi connectivity index (χ0v) is 18.5. The highest BCUT2D eigenvalue weighted by molar-refractivity contribution is 5.91. The van der Waals surface area contributed by atoms with Gasteiger partial charge in [-0.15, -0.1) is 0 Å². The van der Waals surface area contributed by atoms with Crippen LogP contribution in [0.1, 0.15) is 72.6 Å². The second kappa shape index (κ2) is 6.09. The van der Waals surface area contributed by atoms with E-state index in [4.69, 9.17) is 4.74 Å². The molecule has 2 N–H and O–H groups in total. The Bertz CT molecular complexity index is 760. The van der Waals surface area contributed by atoms with Gasteiger partial charge in [-0.1, -0.05) is 40.2 Å². The van der Waals surface area contributed by atoms with Crippen LogP contribution in [0.4, 0.5) is 0 Å². The van der Waals surface area contributed by atoms with Crippen molar-refractivity contribution in [1.82, 2.24) is 0 Å². The van der Waals surface area contributed by atoms with Crippen molar-refractivity contribution in [3.05, 3.63) is 11.6 Å². The smallest absolute Gasteiger partial charge is 0.334 e. The molecule has 5 aliphatic rings. The summed E-state index contributed by atoms with van der Waals surface area (Å²) in [5.74, 6) is 1.21. The molecule has 0 radical (unpaired) electrons. The lowest BCUT2D eigenvalue weighted by molar-refractivity contribution is -0.237. The zero-order valence-electron chi connectivity index (χ0n) is 18.5. The summed E-state index contributed by atoms with van der Waals surface area (Å²) in [6, 6.07) is 0. The standard InChI is InChI=1S/C25H38O4/c1-22(14-26)9-5-10-23(2)17(22)8-11-24(3)18-7-6-15-16(13-29-21(15)28)25(18,4)20(27)12-19(23)24/h6,16-20,26-27H,5,7-14H2,1-4H3/t16-,17?,18?,19?,20+,22-,23-,24-,25+/m0/s1. The fourth-order valence-corrected chi connectivity index (χ4v) is 9.52. The van der Waals surface area contributed by atoms with Gasteiger partial charge >= 0.3 is 5.97 Å². The van der Waals surface area contributed by atoms with Gasteiger partial charge in [-0.25, -0.2) is 4.79 Å². The predicted molar refractivity (Wildman–Crippen MR) is 111 cm³/mol. The molecule has 0 amide bonds. The fraction of sp³-hybridized carbons (Fsp3) is 0.880. The average Bonchev–Trinajstić information content (AvgIpc) is 3.06. The fourth-order valence-electron chi connectivity index (χ4n) is 9.52. The molecule has 0 aromatic heterocycles. The first-order valence-corrected chi connectivity index (χ1v) is 11.8. The molecule has 4 heteroatoms. The van der Waals surface area contributed by atoms with Crippen molar-refractivity contribution in [3.63, 3.8) is 0 Å². The highest BCUT2D eigenvalue weighted by Gasteiger charge is 2.69. The molecule has 4 aliphatic carbocycles. The molecule has 1 heterocycles.